The molecule has 2 heterocycles. The Morgan fingerprint density at radius 1 is 1.25 bits per heavy atom. The number of para-hydroxylation sites is 1. The predicted molar refractivity (Wildman–Crippen MR) is 124 cm³/mol. The van der Waals surface area contributed by atoms with Gasteiger partial charge < -0.3 is 5.32 Å². The highest BCUT2D eigenvalue weighted by atomic mass is 79.9. The predicted octanol–water partition coefficient (Wildman–Crippen LogP) is 6.38. The van der Waals surface area contributed by atoms with E-state index in [0.29, 0.717) is 5.13 Å². The van der Waals surface area contributed by atoms with Gasteiger partial charge in [-0.25, -0.2) is 4.98 Å². The van der Waals surface area contributed by atoms with Crippen LogP contribution in [0.1, 0.15) is 5.56 Å². The number of nitrogens with zero attached hydrogens (tertiary/aromatic N) is 3. The van der Waals surface area contributed by atoms with Crippen LogP contribution >= 0.6 is 66.5 Å². The van der Waals surface area contributed by atoms with Gasteiger partial charge in [-0.15, -0.1) is 16.9 Å². The van der Waals surface area contributed by atoms with Gasteiger partial charge in [0.1, 0.15) is 9.90 Å². The number of carbonyl (C=O) groups excluding carboxylic acids is 1. The molecule has 5 nitrogen and oxygen atoms in total. The van der Waals surface area contributed by atoms with Crippen molar-refractivity contribution in [1.82, 2.24) is 14.6 Å². The number of thioether (sulfide) groups is 1. The quantitative estimate of drug-likeness (QED) is 0.289. The molecule has 1 amide bonds. The molecule has 0 atom stereocenters. The third-order valence-corrected chi connectivity index (χ3v) is 7.89. The molecular formula is C18H12Br2N4OS3. The first-order chi connectivity index (χ1) is 13.5. The summed E-state index contributed by atoms with van der Waals surface area (Å²) >= 11 is 11.2. The summed E-state index contributed by atoms with van der Waals surface area (Å²) in [5, 5.41) is 7.75. The molecule has 1 N–H and O–H groups in total. The molecule has 10 heteroatoms. The lowest BCUT2D eigenvalue weighted by Gasteiger charge is -2.04. The van der Waals surface area contributed by atoms with Gasteiger partial charge in [0.05, 0.1) is 16.0 Å². The van der Waals surface area contributed by atoms with Gasteiger partial charge in [-0.3, -0.25) is 4.79 Å². The second-order valence-electron chi connectivity index (χ2n) is 5.81. The molecule has 0 radical (unpaired) electrons. The first-order valence-corrected chi connectivity index (χ1v) is 12.2. The van der Waals surface area contributed by atoms with Crippen molar-refractivity contribution in [2.45, 2.75) is 11.1 Å². The van der Waals surface area contributed by atoms with Crippen molar-refractivity contribution in [3.63, 3.8) is 0 Å². The molecule has 0 unspecified atom stereocenters. The van der Waals surface area contributed by atoms with Crippen molar-refractivity contribution in [3.05, 3.63) is 50.9 Å². The number of carbonyl (C=O) groups is 1. The van der Waals surface area contributed by atoms with Crippen LogP contribution in [0.5, 0.6) is 0 Å². The van der Waals surface area contributed by atoms with E-state index < -0.39 is 0 Å². The number of halogens is 2. The third-order valence-electron chi connectivity index (χ3n) is 3.85. The molecule has 0 saturated carbocycles. The molecule has 0 aliphatic rings. The average Bonchev–Trinajstić information content (AvgIpc) is 3.27. The normalized spacial score (nSPS) is 11.1. The second-order valence-corrected chi connectivity index (χ2v) is 10.6. The lowest BCUT2D eigenvalue weighted by Crippen LogP contribution is -2.13. The molecule has 0 saturated heterocycles. The van der Waals surface area contributed by atoms with Gasteiger partial charge in [-0.2, -0.15) is 0 Å². The van der Waals surface area contributed by atoms with E-state index in [9.17, 15) is 4.79 Å². The van der Waals surface area contributed by atoms with E-state index in [4.69, 9.17) is 0 Å². The van der Waals surface area contributed by atoms with Crippen molar-refractivity contribution >= 4 is 87.7 Å². The van der Waals surface area contributed by atoms with Gasteiger partial charge in [0, 0.05) is 14.5 Å². The lowest BCUT2D eigenvalue weighted by atomic mass is 10.2. The smallest absolute Gasteiger partial charge is 0.236 e. The van der Waals surface area contributed by atoms with E-state index >= 15 is 0 Å². The van der Waals surface area contributed by atoms with E-state index in [-0.39, 0.29) is 11.7 Å². The monoisotopic (exact) mass is 554 g/mol. The largest absolute Gasteiger partial charge is 0.301 e. The average molecular weight is 556 g/mol. The number of amides is 1. The van der Waals surface area contributed by atoms with Gasteiger partial charge >= 0.3 is 0 Å². The molecule has 4 aromatic rings. The summed E-state index contributed by atoms with van der Waals surface area (Å²) in [6.45, 7) is 2.02. The highest BCUT2D eigenvalue weighted by Gasteiger charge is 2.16. The Kier molecular flexibility index (Phi) is 6.12. The number of aromatic nitrogens is 3. The Labute approximate surface area is 190 Å². The second kappa shape index (κ2) is 8.58. The van der Waals surface area contributed by atoms with Crippen molar-refractivity contribution in [2.75, 3.05) is 11.1 Å². The molecule has 2 aromatic carbocycles. The molecular weight excluding hydrogens is 544 g/mol. The van der Waals surface area contributed by atoms with Gasteiger partial charge in [-0.05, 0) is 42.2 Å². The number of hydrogen-bond donors (Lipinski definition) is 1. The number of benzene rings is 2. The van der Waals surface area contributed by atoms with Crippen LogP contribution in [0, 0.1) is 6.92 Å². The van der Waals surface area contributed by atoms with Crippen LogP contribution in [0.3, 0.4) is 0 Å². The molecule has 0 aliphatic carbocycles. The summed E-state index contributed by atoms with van der Waals surface area (Å²) in [4.78, 5) is 16.9. The maximum absolute atomic E-state index is 12.4. The minimum absolute atomic E-state index is 0.101. The maximum atomic E-state index is 12.4. The topological polar surface area (TPSA) is 67.8 Å². The maximum Gasteiger partial charge on any atom is 0.236 e. The zero-order valence-electron chi connectivity index (χ0n) is 14.4. The zero-order valence-corrected chi connectivity index (χ0v) is 20.0. The SMILES string of the molecule is Cc1cccc2sc(NC(=O)CSc3snnc3-c3ccc(Br)cc3Br)nc12. The van der Waals surface area contributed by atoms with Gasteiger partial charge in [0.2, 0.25) is 5.91 Å². The first kappa shape index (κ1) is 20.0. The highest BCUT2D eigenvalue weighted by Crippen LogP contribution is 2.37. The van der Waals surface area contributed by atoms with E-state index in [2.05, 4.69) is 51.7 Å². The summed E-state index contributed by atoms with van der Waals surface area (Å²) < 4.78 is 7.93. The summed E-state index contributed by atoms with van der Waals surface area (Å²) in [6.07, 6.45) is 0. The van der Waals surface area contributed by atoms with E-state index in [1.54, 1.807) is 0 Å². The van der Waals surface area contributed by atoms with Crippen LogP contribution in [-0.4, -0.2) is 26.2 Å². The lowest BCUT2D eigenvalue weighted by molar-refractivity contribution is -0.113. The molecule has 142 valence electrons. The van der Waals surface area contributed by atoms with Gasteiger partial charge in [0.25, 0.3) is 0 Å². The summed E-state index contributed by atoms with van der Waals surface area (Å²) in [5.41, 5.74) is 3.76. The molecule has 0 bridgehead atoms. The Balaban J connectivity index is 1.45. The van der Waals surface area contributed by atoms with Crippen LogP contribution in [-0.2, 0) is 4.79 Å². The number of aryl methyl sites for hydroxylation is 1. The Morgan fingerprint density at radius 2 is 2.11 bits per heavy atom. The number of rotatable bonds is 5. The van der Waals surface area contributed by atoms with Gasteiger partial charge in [0.15, 0.2) is 5.13 Å². The van der Waals surface area contributed by atoms with Crippen LogP contribution in [0.4, 0.5) is 5.13 Å². The standard InChI is InChI=1S/C18H12Br2N4OS3/c1-9-3-2-4-13-15(9)22-18(27-13)21-14(25)8-26-17-16(23-24-28-17)11-6-5-10(19)7-12(11)20/h2-7H,8H2,1H3,(H,21,22,25). The molecule has 0 aliphatic heterocycles. The highest BCUT2D eigenvalue weighted by molar-refractivity contribution is 9.11. The van der Waals surface area contributed by atoms with Crippen molar-refractivity contribution in [3.8, 4) is 11.3 Å². The van der Waals surface area contributed by atoms with Crippen molar-refractivity contribution in [1.29, 1.82) is 0 Å². The molecule has 4 rings (SSSR count). The number of nitrogens with one attached hydrogen (secondary N) is 1. The fourth-order valence-corrected chi connectivity index (χ4v) is 6.29. The van der Waals surface area contributed by atoms with Crippen molar-refractivity contribution in [2.24, 2.45) is 0 Å². The minimum atomic E-state index is -0.101. The Hall–Kier alpha value is -1.33. The van der Waals surface area contributed by atoms with E-state index in [1.165, 1.54) is 34.6 Å². The van der Waals surface area contributed by atoms with Gasteiger partial charge in [-0.1, -0.05) is 65.9 Å². The molecule has 0 fully saturated rings. The summed E-state index contributed by atoms with van der Waals surface area (Å²) in [5.74, 6) is 0.163. The molecule has 0 spiro atoms. The van der Waals surface area contributed by atoms with Crippen LogP contribution in [0.2, 0.25) is 0 Å². The van der Waals surface area contributed by atoms with Crippen LogP contribution in [0.15, 0.2) is 49.6 Å². The number of thiazole rings is 1. The first-order valence-electron chi connectivity index (χ1n) is 8.08. The number of fused-ring (bicyclic) bond motifs is 1. The summed E-state index contributed by atoms with van der Waals surface area (Å²) in [6, 6.07) is 11.9. The minimum Gasteiger partial charge on any atom is -0.301 e. The zero-order chi connectivity index (χ0) is 19.7. The fraction of sp³-hybridized carbons (Fsp3) is 0.111. The summed E-state index contributed by atoms with van der Waals surface area (Å²) in [7, 11) is 0. The van der Waals surface area contributed by atoms with Crippen LogP contribution < -0.4 is 5.32 Å². The fourth-order valence-electron chi connectivity index (χ4n) is 2.55. The van der Waals surface area contributed by atoms with E-state index in [0.717, 1.165) is 40.2 Å². The Bertz CT molecular complexity index is 1170. The van der Waals surface area contributed by atoms with E-state index in [1.807, 2.05) is 43.3 Å². The van der Waals surface area contributed by atoms with Crippen LogP contribution in [0.25, 0.3) is 21.5 Å². The van der Waals surface area contributed by atoms with Crippen molar-refractivity contribution < 1.29 is 4.79 Å². The number of anilines is 1. The Morgan fingerprint density at radius 3 is 2.89 bits per heavy atom. The molecule has 2 aromatic heterocycles. The molecule has 28 heavy (non-hydrogen) atoms. The third kappa shape index (κ3) is 4.30. The number of hydrogen-bond acceptors (Lipinski definition) is 7.